The molecular formula is C23H28FIO3. The third-order valence-corrected chi connectivity index (χ3v) is 5.63. The van der Waals surface area contributed by atoms with Crippen LogP contribution in [0.25, 0.3) is 0 Å². The van der Waals surface area contributed by atoms with Crippen LogP contribution in [0.2, 0.25) is 0 Å². The predicted octanol–water partition coefficient (Wildman–Crippen LogP) is 6.12. The van der Waals surface area contributed by atoms with Gasteiger partial charge in [-0.2, -0.15) is 0 Å². The summed E-state index contributed by atoms with van der Waals surface area (Å²) in [6.45, 7) is 2.73. The molecule has 0 aromatic heterocycles. The minimum atomic E-state index is -0.237. The molecule has 0 amide bonds. The highest BCUT2D eigenvalue weighted by atomic mass is 127. The van der Waals surface area contributed by atoms with Crippen molar-refractivity contribution in [3.05, 3.63) is 65.5 Å². The highest BCUT2D eigenvalue weighted by Crippen LogP contribution is 2.18. The van der Waals surface area contributed by atoms with E-state index in [1.807, 2.05) is 19.1 Å². The Morgan fingerprint density at radius 1 is 1.00 bits per heavy atom. The Morgan fingerprint density at radius 3 is 2.32 bits per heavy atom. The van der Waals surface area contributed by atoms with Crippen molar-refractivity contribution >= 4 is 28.6 Å². The number of rotatable bonds is 12. The number of aryl methyl sites for hydroxylation is 1. The van der Waals surface area contributed by atoms with Crippen LogP contribution in [-0.4, -0.2) is 17.0 Å². The number of carbonyl (C=O) groups excluding carboxylic acids is 1. The number of carbonyl (C=O) groups is 1. The Kier molecular flexibility index (Phi) is 10.3. The molecule has 0 heterocycles. The lowest BCUT2D eigenvalue weighted by atomic mass is 10.0. The fourth-order valence-corrected chi connectivity index (χ4v) is 3.71. The van der Waals surface area contributed by atoms with Crippen LogP contribution in [0.5, 0.6) is 5.75 Å². The SMILES string of the molecule is CCOC(=O)C(CI)CCCCCc1ccc(OCc2ccc(F)cc2)cc1. The fraction of sp³-hybridized carbons (Fsp3) is 0.435. The van der Waals surface area contributed by atoms with Crippen molar-refractivity contribution in [3.8, 4) is 5.75 Å². The molecule has 0 saturated carbocycles. The topological polar surface area (TPSA) is 35.5 Å². The van der Waals surface area contributed by atoms with E-state index >= 15 is 0 Å². The zero-order valence-corrected chi connectivity index (χ0v) is 18.5. The highest BCUT2D eigenvalue weighted by Gasteiger charge is 2.17. The summed E-state index contributed by atoms with van der Waals surface area (Å²) >= 11 is 2.26. The zero-order chi connectivity index (χ0) is 20.2. The van der Waals surface area contributed by atoms with E-state index in [0.29, 0.717) is 13.2 Å². The van der Waals surface area contributed by atoms with Gasteiger partial charge in [0.15, 0.2) is 0 Å². The average molecular weight is 498 g/mol. The molecule has 1 unspecified atom stereocenters. The summed E-state index contributed by atoms with van der Waals surface area (Å²) in [5.41, 5.74) is 2.23. The summed E-state index contributed by atoms with van der Waals surface area (Å²) in [7, 11) is 0. The molecule has 2 aromatic rings. The number of alkyl halides is 1. The third-order valence-electron chi connectivity index (χ3n) is 4.57. The molecule has 0 N–H and O–H groups in total. The molecular weight excluding hydrogens is 470 g/mol. The van der Waals surface area contributed by atoms with Crippen LogP contribution in [0, 0.1) is 11.7 Å². The molecule has 5 heteroatoms. The second kappa shape index (κ2) is 12.8. The number of benzene rings is 2. The van der Waals surface area contributed by atoms with Gasteiger partial charge in [-0.1, -0.05) is 59.7 Å². The van der Waals surface area contributed by atoms with E-state index < -0.39 is 0 Å². The smallest absolute Gasteiger partial charge is 0.309 e. The van der Waals surface area contributed by atoms with Crippen LogP contribution in [0.15, 0.2) is 48.5 Å². The first-order chi connectivity index (χ1) is 13.6. The molecule has 0 aliphatic heterocycles. The van der Waals surface area contributed by atoms with E-state index in [1.165, 1.54) is 17.7 Å². The fourth-order valence-electron chi connectivity index (χ4n) is 2.91. The van der Waals surface area contributed by atoms with E-state index in [4.69, 9.17) is 9.47 Å². The van der Waals surface area contributed by atoms with Gasteiger partial charge in [-0.05, 0) is 61.6 Å². The first-order valence-corrected chi connectivity index (χ1v) is 11.3. The van der Waals surface area contributed by atoms with Gasteiger partial charge in [0, 0.05) is 4.43 Å². The Morgan fingerprint density at radius 2 is 1.68 bits per heavy atom. The number of halogens is 2. The van der Waals surface area contributed by atoms with E-state index in [9.17, 15) is 9.18 Å². The van der Waals surface area contributed by atoms with Gasteiger partial charge in [0.05, 0.1) is 12.5 Å². The summed E-state index contributed by atoms with van der Waals surface area (Å²) in [5, 5.41) is 0. The van der Waals surface area contributed by atoms with Crippen molar-refractivity contribution in [1.82, 2.24) is 0 Å². The van der Waals surface area contributed by atoms with Crippen LogP contribution in [0.3, 0.4) is 0 Å². The minimum absolute atomic E-state index is 0.0260. The van der Waals surface area contributed by atoms with E-state index in [2.05, 4.69) is 34.7 Å². The maximum Gasteiger partial charge on any atom is 0.309 e. The number of unbranched alkanes of at least 4 members (excludes halogenated alkanes) is 2. The molecule has 0 bridgehead atoms. The van der Waals surface area contributed by atoms with Gasteiger partial charge in [-0.25, -0.2) is 4.39 Å². The van der Waals surface area contributed by atoms with Gasteiger partial charge in [0.1, 0.15) is 18.2 Å². The van der Waals surface area contributed by atoms with Crippen molar-refractivity contribution in [3.63, 3.8) is 0 Å². The third kappa shape index (κ3) is 8.17. The quantitative estimate of drug-likeness (QED) is 0.153. The highest BCUT2D eigenvalue weighted by molar-refractivity contribution is 14.1. The van der Waals surface area contributed by atoms with Crippen molar-refractivity contribution in [2.75, 3.05) is 11.0 Å². The molecule has 3 nitrogen and oxygen atoms in total. The largest absolute Gasteiger partial charge is 0.489 e. The van der Waals surface area contributed by atoms with E-state index in [1.54, 1.807) is 12.1 Å². The van der Waals surface area contributed by atoms with Crippen LogP contribution in [-0.2, 0) is 22.6 Å². The molecule has 0 fully saturated rings. The summed E-state index contributed by atoms with van der Waals surface area (Å²) in [4.78, 5) is 11.8. The molecule has 1 atom stereocenters. The molecule has 0 radical (unpaired) electrons. The van der Waals surface area contributed by atoms with Gasteiger partial charge in [0.2, 0.25) is 0 Å². The second-order valence-electron chi connectivity index (χ2n) is 6.76. The van der Waals surface area contributed by atoms with Crippen LogP contribution < -0.4 is 4.74 Å². The van der Waals surface area contributed by atoms with Gasteiger partial charge in [0.25, 0.3) is 0 Å². The lowest BCUT2D eigenvalue weighted by Gasteiger charge is -2.12. The standard InChI is InChI=1S/C23H28FIO3/c1-2-27-23(26)20(16-25)7-5-3-4-6-18-10-14-22(15-11-18)28-17-19-8-12-21(24)13-9-19/h8-15,20H,2-7,16-17H2,1H3. The Labute approximate surface area is 180 Å². The lowest BCUT2D eigenvalue weighted by Crippen LogP contribution is -2.19. The molecule has 0 aliphatic carbocycles. The average Bonchev–Trinajstić information content (AvgIpc) is 2.71. The Balaban J connectivity index is 1.65. The molecule has 0 saturated heterocycles. The van der Waals surface area contributed by atoms with Gasteiger partial charge >= 0.3 is 5.97 Å². The normalized spacial score (nSPS) is 11.8. The Bertz CT molecular complexity index is 701. The molecule has 0 spiro atoms. The van der Waals surface area contributed by atoms with E-state index in [-0.39, 0.29) is 17.7 Å². The monoisotopic (exact) mass is 498 g/mol. The summed E-state index contributed by atoms with van der Waals surface area (Å²) in [5.74, 6) is 0.539. The van der Waals surface area contributed by atoms with Gasteiger partial charge < -0.3 is 9.47 Å². The van der Waals surface area contributed by atoms with Crippen molar-refractivity contribution in [2.45, 2.75) is 45.6 Å². The molecule has 2 aromatic carbocycles. The second-order valence-corrected chi connectivity index (χ2v) is 7.64. The van der Waals surface area contributed by atoms with Crippen LogP contribution in [0.4, 0.5) is 4.39 Å². The van der Waals surface area contributed by atoms with Crippen LogP contribution in [0.1, 0.15) is 43.7 Å². The van der Waals surface area contributed by atoms with Gasteiger partial charge in [-0.15, -0.1) is 0 Å². The van der Waals surface area contributed by atoms with Crippen molar-refractivity contribution in [2.24, 2.45) is 5.92 Å². The van der Waals surface area contributed by atoms with Gasteiger partial charge in [-0.3, -0.25) is 4.79 Å². The van der Waals surface area contributed by atoms with Crippen LogP contribution >= 0.6 is 22.6 Å². The maximum absolute atomic E-state index is 12.9. The van der Waals surface area contributed by atoms with Crippen molar-refractivity contribution < 1.29 is 18.7 Å². The van der Waals surface area contributed by atoms with Crippen molar-refractivity contribution in [1.29, 1.82) is 0 Å². The van der Waals surface area contributed by atoms with E-state index in [0.717, 1.165) is 47.8 Å². The number of esters is 1. The summed E-state index contributed by atoms with van der Waals surface area (Å²) in [6, 6.07) is 14.5. The molecule has 2 rings (SSSR count). The maximum atomic E-state index is 12.9. The lowest BCUT2D eigenvalue weighted by molar-refractivity contribution is -0.147. The Hall–Kier alpha value is -1.63. The number of hydrogen-bond donors (Lipinski definition) is 0. The summed E-state index contributed by atoms with van der Waals surface area (Å²) < 4.78 is 24.6. The minimum Gasteiger partial charge on any atom is -0.489 e. The molecule has 152 valence electrons. The molecule has 28 heavy (non-hydrogen) atoms. The number of hydrogen-bond acceptors (Lipinski definition) is 3. The number of ether oxygens (including phenoxy) is 2. The zero-order valence-electron chi connectivity index (χ0n) is 16.3. The molecule has 0 aliphatic rings. The predicted molar refractivity (Wildman–Crippen MR) is 118 cm³/mol. The first kappa shape index (κ1) is 22.7. The first-order valence-electron chi connectivity index (χ1n) is 9.81. The summed E-state index contributed by atoms with van der Waals surface area (Å²) in [6.07, 6.45) is 5.18.